The summed E-state index contributed by atoms with van der Waals surface area (Å²) in [5, 5.41) is 17.4. The average molecular weight is 232 g/mol. The first kappa shape index (κ1) is 10.8. The maximum absolute atomic E-state index is 11.7. The highest BCUT2D eigenvalue weighted by molar-refractivity contribution is 6.04. The summed E-state index contributed by atoms with van der Waals surface area (Å²) in [6, 6.07) is 2.67. The molecule has 0 saturated heterocycles. The number of anilines is 1. The Bertz CT molecular complexity index is 533. The van der Waals surface area contributed by atoms with Gasteiger partial charge in [-0.3, -0.25) is 9.89 Å². The summed E-state index contributed by atoms with van der Waals surface area (Å²) in [6.07, 6.45) is 4.19. The van der Waals surface area contributed by atoms with Crippen LogP contribution in [0.3, 0.4) is 0 Å². The van der Waals surface area contributed by atoms with Crippen molar-refractivity contribution < 1.29 is 14.7 Å². The van der Waals surface area contributed by atoms with Crippen LogP contribution in [0.25, 0.3) is 0 Å². The number of hydrogen-bond donors (Lipinski definition) is 3. The monoisotopic (exact) mass is 232 g/mol. The number of H-pyrrole nitrogens is 1. The molecule has 0 radical (unpaired) electrons. The van der Waals surface area contributed by atoms with Crippen molar-refractivity contribution in [1.82, 2.24) is 15.2 Å². The number of rotatable bonds is 3. The highest BCUT2D eigenvalue weighted by Gasteiger charge is 2.09. The number of carboxylic acids is 1. The summed E-state index contributed by atoms with van der Waals surface area (Å²) in [5.41, 5.74) is 0.693. The van der Waals surface area contributed by atoms with Gasteiger partial charge >= 0.3 is 5.97 Å². The van der Waals surface area contributed by atoms with E-state index in [0.29, 0.717) is 5.69 Å². The molecule has 0 aliphatic rings. The van der Waals surface area contributed by atoms with Gasteiger partial charge in [0.25, 0.3) is 5.91 Å². The second kappa shape index (κ2) is 4.44. The van der Waals surface area contributed by atoms with Crippen LogP contribution >= 0.6 is 0 Å². The molecule has 0 saturated carbocycles. The largest absolute Gasteiger partial charge is 0.477 e. The molecule has 1 amide bonds. The van der Waals surface area contributed by atoms with E-state index in [2.05, 4.69) is 20.5 Å². The standard InChI is InChI=1S/C10H8N4O3/c15-9(14-7-4-12-13-5-7)6-1-2-8(10(16)17)11-3-6/h1-5H,(H,12,13)(H,14,15)(H,16,17). The molecular weight excluding hydrogens is 224 g/mol. The van der Waals surface area contributed by atoms with Crippen LogP contribution < -0.4 is 5.32 Å². The number of carbonyl (C=O) groups excluding carboxylic acids is 1. The summed E-state index contributed by atoms with van der Waals surface area (Å²) in [7, 11) is 0. The fourth-order valence-corrected chi connectivity index (χ4v) is 1.18. The molecule has 7 heteroatoms. The Hall–Kier alpha value is -2.70. The lowest BCUT2D eigenvalue weighted by molar-refractivity contribution is 0.0690. The van der Waals surface area contributed by atoms with E-state index in [1.807, 2.05) is 0 Å². The van der Waals surface area contributed by atoms with Crippen LogP contribution in [-0.4, -0.2) is 32.2 Å². The number of carboxylic acid groups (broad SMARTS) is 1. The average Bonchev–Trinajstić information content (AvgIpc) is 2.82. The van der Waals surface area contributed by atoms with E-state index in [9.17, 15) is 9.59 Å². The molecule has 2 aromatic heterocycles. The fraction of sp³-hybridized carbons (Fsp3) is 0. The molecule has 0 aliphatic heterocycles. The van der Waals surface area contributed by atoms with Gasteiger partial charge in [0.05, 0.1) is 17.4 Å². The molecule has 0 bridgehead atoms. The van der Waals surface area contributed by atoms with Gasteiger partial charge in [0, 0.05) is 12.4 Å². The number of aromatic amines is 1. The van der Waals surface area contributed by atoms with Gasteiger partial charge in [-0.25, -0.2) is 9.78 Å². The Balaban J connectivity index is 2.12. The van der Waals surface area contributed by atoms with Gasteiger partial charge in [0.1, 0.15) is 5.69 Å². The van der Waals surface area contributed by atoms with Crippen molar-refractivity contribution in [2.24, 2.45) is 0 Å². The molecular formula is C10H8N4O3. The smallest absolute Gasteiger partial charge is 0.354 e. The number of amides is 1. The van der Waals surface area contributed by atoms with E-state index in [-0.39, 0.29) is 17.2 Å². The third kappa shape index (κ3) is 2.46. The Morgan fingerprint density at radius 3 is 2.65 bits per heavy atom. The van der Waals surface area contributed by atoms with Crippen LogP contribution in [0.15, 0.2) is 30.7 Å². The van der Waals surface area contributed by atoms with Gasteiger partial charge in [0.15, 0.2) is 0 Å². The number of hydrogen-bond acceptors (Lipinski definition) is 4. The van der Waals surface area contributed by atoms with Gasteiger partial charge in [-0.15, -0.1) is 0 Å². The molecule has 86 valence electrons. The van der Waals surface area contributed by atoms with Crippen LogP contribution in [0.4, 0.5) is 5.69 Å². The maximum atomic E-state index is 11.7. The molecule has 0 atom stereocenters. The van der Waals surface area contributed by atoms with Gasteiger partial charge < -0.3 is 10.4 Å². The number of aromatic carboxylic acids is 1. The third-order valence-corrected chi connectivity index (χ3v) is 2.00. The summed E-state index contributed by atoms with van der Waals surface area (Å²) in [5.74, 6) is -1.51. The zero-order chi connectivity index (χ0) is 12.3. The second-order valence-corrected chi connectivity index (χ2v) is 3.18. The summed E-state index contributed by atoms with van der Waals surface area (Å²) in [6.45, 7) is 0. The lowest BCUT2D eigenvalue weighted by Crippen LogP contribution is -2.12. The predicted octanol–water partition coefficient (Wildman–Crippen LogP) is 0.755. The fourth-order valence-electron chi connectivity index (χ4n) is 1.18. The van der Waals surface area contributed by atoms with Crippen molar-refractivity contribution in [3.8, 4) is 0 Å². The molecule has 0 aliphatic carbocycles. The zero-order valence-corrected chi connectivity index (χ0v) is 8.54. The lowest BCUT2D eigenvalue weighted by atomic mass is 10.2. The van der Waals surface area contributed by atoms with E-state index in [4.69, 9.17) is 5.11 Å². The molecule has 0 unspecified atom stereocenters. The SMILES string of the molecule is O=C(Nc1cn[nH]c1)c1ccc(C(=O)O)nc1. The third-order valence-electron chi connectivity index (χ3n) is 2.00. The van der Waals surface area contributed by atoms with E-state index in [0.717, 1.165) is 0 Å². The maximum Gasteiger partial charge on any atom is 0.354 e. The molecule has 2 rings (SSSR count). The van der Waals surface area contributed by atoms with E-state index >= 15 is 0 Å². The normalized spacial score (nSPS) is 9.88. The van der Waals surface area contributed by atoms with Crippen LogP contribution in [0.2, 0.25) is 0 Å². The van der Waals surface area contributed by atoms with Crippen LogP contribution in [0.5, 0.6) is 0 Å². The van der Waals surface area contributed by atoms with E-state index < -0.39 is 5.97 Å². The molecule has 2 aromatic rings. The molecule has 3 N–H and O–H groups in total. The summed E-state index contributed by atoms with van der Waals surface area (Å²) >= 11 is 0. The number of pyridine rings is 1. The molecule has 0 fully saturated rings. The van der Waals surface area contributed by atoms with Crippen molar-refractivity contribution >= 4 is 17.6 Å². The van der Waals surface area contributed by atoms with Crippen molar-refractivity contribution in [1.29, 1.82) is 0 Å². The summed E-state index contributed by atoms with van der Waals surface area (Å²) < 4.78 is 0. The van der Waals surface area contributed by atoms with E-state index in [1.54, 1.807) is 0 Å². The molecule has 0 aromatic carbocycles. The Morgan fingerprint density at radius 2 is 2.12 bits per heavy atom. The number of aromatic nitrogens is 3. The van der Waals surface area contributed by atoms with Gasteiger partial charge in [-0.1, -0.05) is 0 Å². The Kier molecular flexibility index (Phi) is 2.82. The van der Waals surface area contributed by atoms with Crippen molar-refractivity contribution in [2.75, 3.05) is 5.32 Å². The van der Waals surface area contributed by atoms with Crippen LogP contribution in [0.1, 0.15) is 20.8 Å². The first-order valence-electron chi connectivity index (χ1n) is 4.66. The molecule has 17 heavy (non-hydrogen) atoms. The lowest BCUT2D eigenvalue weighted by Gasteiger charge is -2.01. The second-order valence-electron chi connectivity index (χ2n) is 3.18. The van der Waals surface area contributed by atoms with Crippen LogP contribution in [0, 0.1) is 0 Å². The molecule has 0 spiro atoms. The highest BCUT2D eigenvalue weighted by atomic mass is 16.4. The topological polar surface area (TPSA) is 108 Å². The van der Waals surface area contributed by atoms with Gasteiger partial charge in [0.2, 0.25) is 0 Å². The summed E-state index contributed by atoms with van der Waals surface area (Å²) in [4.78, 5) is 25.9. The number of nitrogens with zero attached hydrogens (tertiary/aromatic N) is 2. The first-order chi connectivity index (χ1) is 8.16. The zero-order valence-electron chi connectivity index (χ0n) is 8.54. The molecule has 7 nitrogen and oxygen atoms in total. The van der Waals surface area contributed by atoms with Crippen molar-refractivity contribution in [3.05, 3.63) is 42.0 Å². The number of carbonyl (C=O) groups is 2. The van der Waals surface area contributed by atoms with Gasteiger partial charge in [-0.2, -0.15) is 5.10 Å². The van der Waals surface area contributed by atoms with Crippen LogP contribution in [-0.2, 0) is 0 Å². The first-order valence-corrected chi connectivity index (χ1v) is 4.66. The van der Waals surface area contributed by atoms with Crippen molar-refractivity contribution in [3.63, 3.8) is 0 Å². The predicted molar refractivity (Wildman–Crippen MR) is 57.7 cm³/mol. The Labute approximate surface area is 95.5 Å². The minimum absolute atomic E-state index is 0.107. The van der Waals surface area contributed by atoms with Gasteiger partial charge in [-0.05, 0) is 12.1 Å². The number of nitrogens with one attached hydrogen (secondary N) is 2. The quantitative estimate of drug-likeness (QED) is 0.723. The minimum atomic E-state index is -1.13. The van der Waals surface area contributed by atoms with E-state index in [1.165, 1.54) is 30.7 Å². The van der Waals surface area contributed by atoms with Crippen molar-refractivity contribution in [2.45, 2.75) is 0 Å². The Morgan fingerprint density at radius 1 is 1.29 bits per heavy atom. The molecule has 2 heterocycles. The minimum Gasteiger partial charge on any atom is -0.477 e. The highest BCUT2D eigenvalue weighted by Crippen LogP contribution is 2.06.